The number of nitrogens with one attached hydrogen (secondary N) is 1. The molecular formula is C13H19N3O2. The second-order valence-corrected chi connectivity index (χ2v) is 4.31. The van der Waals surface area contributed by atoms with Gasteiger partial charge in [0.05, 0.1) is 24.0 Å². The minimum absolute atomic E-state index is 0.108. The van der Waals surface area contributed by atoms with Crippen molar-refractivity contribution in [2.24, 2.45) is 0 Å². The number of benzene rings is 1. The van der Waals surface area contributed by atoms with Crippen LogP contribution in [0.5, 0.6) is 0 Å². The minimum atomic E-state index is -0.120. The Hall–Kier alpha value is -1.75. The quantitative estimate of drug-likeness (QED) is 0.799. The van der Waals surface area contributed by atoms with Gasteiger partial charge in [0.1, 0.15) is 0 Å². The first-order valence-electron chi connectivity index (χ1n) is 6.22. The van der Waals surface area contributed by atoms with Crippen molar-refractivity contribution >= 4 is 17.4 Å². The summed E-state index contributed by atoms with van der Waals surface area (Å²) >= 11 is 0. The van der Waals surface area contributed by atoms with E-state index in [0.29, 0.717) is 25.4 Å². The Balaban J connectivity index is 2.08. The summed E-state index contributed by atoms with van der Waals surface area (Å²) in [7, 11) is 0. The van der Waals surface area contributed by atoms with Crippen molar-refractivity contribution in [1.29, 1.82) is 0 Å². The molecule has 5 nitrogen and oxygen atoms in total. The molecule has 1 aromatic carbocycles. The summed E-state index contributed by atoms with van der Waals surface area (Å²) in [5.41, 5.74) is 7.25. The van der Waals surface area contributed by atoms with Crippen molar-refractivity contribution < 1.29 is 9.53 Å². The third-order valence-corrected chi connectivity index (χ3v) is 3.05. The topological polar surface area (TPSA) is 67.6 Å². The average molecular weight is 249 g/mol. The molecular weight excluding hydrogens is 230 g/mol. The van der Waals surface area contributed by atoms with Gasteiger partial charge in [-0.05, 0) is 25.5 Å². The lowest BCUT2D eigenvalue weighted by atomic mass is 10.2. The molecule has 1 saturated heterocycles. The van der Waals surface area contributed by atoms with Crippen LogP contribution < -0.4 is 16.0 Å². The van der Waals surface area contributed by atoms with Gasteiger partial charge in [-0.2, -0.15) is 0 Å². The predicted molar refractivity (Wildman–Crippen MR) is 71.6 cm³/mol. The molecule has 1 aliphatic rings. The van der Waals surface area contributed by atoms with Crippen molar-refractivity contribution in [2.75, 3.05) is 30.4 Å². The third kappa shape index (κ3) is 2.73. The number of carbonyl (C=O) groups is 1. The summed E-state index contributed by atoms with van der Waals surface area (Å²) < 4.78 is 5.24. The number of urea groups is 1. The Kier molecular flexibility index (Phi) is 4.04. The molecule has 1 aromatic rings. The number of hydrogen-bond acceptors (Lipinski definition) is 3. The molecule has 2 rings (SSSR count). The van der Waals surface area contributed by atoms with Crippen LogP contribution in [0.1, 0.15) is 13.3 Å². The molecule has 0 aliphatic carbocycles. The smallest absolute Gasteiger partial charge is 0.322 e. The highest BCUT2D eigenvalue weighted by Crippen LogP contribution is 2.22. The Morgan fingerprint density at radius 3 is 2.94 bits per heavy atom. The molecule has 1 heterocycles. The maximum atomic E-state index is 12.2. The van der Waals surface area contributed by atoms with Crippen LogP contribution in [0.3, 0.4) is 0 Å². The number of amides is 2. The number of anilines is 2. The number of para-hydroxylation sites is 2. The van der Waals surface area contributed by atoms with Crippen molar-refractivity contribution in [1.82, 2.24) is 5.32 Å². The van der Waals surface area contributed by atoms with E-state index in [4.69, 9.17) is 10.5 Å². The summed E-state index contributed by atoms with van der Waals surface area (Å²) in [6.45, 7) is 3.81. The Morgan fingerprint density at radius 1 is 1.56 bits per heavy atom. The highest BCUT2D eigenvalue weighted by molar-refractivity contribution is 5.95. The van der Waals surface area contributed by atoms with E-state index in [0.717, 1.165) is 12.1 Å². The Morgan fingerprint density at radius 2 is 2.33 bits per heavy atom. The fourth-order valence-electron chi connectivity index (χ4n) is 2.06. The normalized spacial score (nSPS) is 18.6. The maximum Gasteiger partial charge on any atom is 0.322 e. The Labute approximate surface area is 107 Å². The fourth-order valence-corrected chi connectivity index (χ4v) is 2.06. The molecule has 0 bridgehead atoms. The van der Waals surface area contributed by atoms with Gasteiger partial charge >= 0.3 is 6.03 Å². The van der Waals surface area contributed by atoms with E-state index in [-0.39, 0.29) is 12.1 Å². The number of ether oxygens (including phenoxy) is 1. The van der Waals surface area contributed by atoms with Crippen LogP contribution in [-0.2, 0) is 4.74 Å². The predicted octanol–water partition coefficient (Wildman–Crippen LogP) is 1.59. The van der Waals surface area contributed by atoms with E-state index in [1.807, 2.05) is 25.1 Å². The van der Waals surface area contributed by atoms with Gasteiger partial charge in [0, 0.05) is 13.2 Å². The number of rotatable bonds is 3. The van der Waals surface area contributed by atoms with Crippen molar-refractivity contribution in [3.8, 4) is 0 Å². The second-order valence-electron chi connectivity index (χ2n) is 4.31. The second kappa shape index (κ2) is 5.73. The van der Waals surface area contributed by atoms with Gasteiger partial charge in [-0.1, -0.05) is 12.1 Å². The summed E-state index contributed by atoms with van der Waals surface area (Å²) in [6.07, 6.45) is 0.869. The molecule has 1 unspecified atom stereocenters. The van der Waals surface area contributed by atoms with Crippen molar-refractivity contribution in [2.45, 2.75) is 19.4 Å². The SMILES string of the molecule is CCN(C(=O)NC1CCOC1)c1ccccc1N. The van der Waals surface area contributed by atoms with E-state index in [1.54, 1.807) is 11.0 Å². The van der Waals surface area contributed by atoms with Crippen molar-refractivity contribution in [3.63, 3.8) is 0 Å². The fraction of sp³-hybridized carbons (Fsp3) is 0.462. The van der Waals surface area contributed by atoms with Crippen LogP contribution in [0.2, 0.25) is 0 Å². The molecule has 0 aromatic heterocycles. The van der Waals surface area contributed by atoms with E-state index < -0.39 is 0 Å². The summed E-state index contributed by atoms with van der Waals surface area (Å²) in [5.74, 6) is 0. The molecule has 5 heteroatoms. The molecule has 0 spiro atoms. The van der Waals surface area contributed by atoms with E-state index in [1.165, 1.54) is 0 Å². The van der Waals surface area contributed by atoms with Crippen LogP contribution in [0, 0.1) is 0 Å². The monoisotopic (exact) mass is 249 g/mol. The van der Waals surface area contributed by atoms with E-state index in [9.17, 15) is 4.79 Å². The highest BCUT2D eigenvalue weighted by atomic mass is 16.5. The maximum absolute atomic E-state index is 12.2. The van der Waals surface area contributed by atoms with Crippen LogP contribution in [0.4, 0.5) is 16.2 Å². The highest BCUT2D eigenvalue weighted by Gasteiger charge is 2.22. The first-order valence-corrected chi connectivity index (χ1v) is 6.22. The van der Waals surface area contributed by atoms with Gasteiger partial charge in [-0.3, -0.25) is 4.90 Å². The van der Waals surface area contributed by atoms with Gasteiger partial charge in [0.25, 0.3) is 0 Å². The molecule has 98 valence electrons. The number of hydrogen-bond donors (Lipinski definition) is 2. The molecule has 2 amide bonds. The minimum Gasteiger partial charge on any atom is -0.397 e. The van der Waals surface area contributed by atoms with E-state index in [2.05, 4.69) is 5.32 Å². The van der Waals surface area contributed by atoms with Gasteiger partial charge in [-0.15, -0.1) is 0 Å². The average Bonchev–Trinajstić information content (AvgIpc) is 2.85. The molecule has 1 atom stereocenters. The van der Waals surface area contributed by atoms with Crippen LogP contribution >= 0.6 is 0 Å². The molecule has 0 radical (unpaired) electrons. The summed E-state index contributed by atoms with van der Waals surface area (Å²) in [4.78, 5) is 13.8. The van der Waals surface area contributed by atoms with Gasteiger partial charge in [0.15, 0.2) is 0 Å². The van der Waals surface area contributed by atoms with Crippen molar-refractivity contribution in [3.05, 3.63) is 24.3 Å². The zero-order valence-electron chi connectivity index (χ0n) is 10.6. The van der Waals surface area contributed by atoms with Crippen LogP contribution in [0.25, 0.3) is 0 Å². The lowest BCUT2D eigenvalue weighted by Crippen LogP contribution is -2.45. The van der Waals surface area contributed by atoms with Crippen LogP contribution in [-0.4, -0.2) is 31.8 Å². The first kappa shape index (κ1) is 12.7. The van der Waals surface area contributed by atoms with Crippen LogP contribution in [0.15, 0.2) is 24.3 Å². The number of nitrogens with zero attached hydrogens (tertiary/aromatic N) is 1. The van der Waals surface area contributed by atoms with Gasteiger partial charge < -0.3 is 15.8 Å². The lowest BCUT2D eigenvalue weighted by Gasteiger charge is -2.24. The molecule has 18 heavy (non-hydrogen) atoms. The number of nitrogens with two attached hydrogens (primary N) is 1. The lowest BCUT2D eigenvalue weighted by molar-refractivity contribution is 0.189. The molecule has 1 fully saturated rings. The van der Waals surface area contributed by atoms with E-state index >= 15 is 0 Å². The largest absolute Gasteiger partial charge is 0.397 e. The zero-order chi connectivity index (χ0) is 13.0. The molecule has 1 aliphatic heterocycles. The number of carbonyl (C=O) groups excluding carboxylic acids is 1. The Bertz CT molecular complexity index is 416. The summed E-state index contributed by atoms with van der Waals surface area (Å²) in [5, 5.41) is 2.96. The first-order chi connectivity index (χ1) is 8.72. The zero-order valence-corrected chi connectivity index (χ0v) is 10.6. The molecule has 3 N–H and O–H groups in total. The van der Waals surface area contributed by atoms with Gasteiger partial charge in [0.2, 0.25) is 0 Å². The molecule has 0 saturated carbocycles. The standard InChI is InChI=1S/C13H19N3O2/c1-2-16(12-6-4-3-5-11(12)14)13(17)15-10-7-8-18-9-10/h3-6,10H,2,7-9,14H2,1H3,(H,15,17). The third-order valence-electron chi connectivity index (χ3n) is 3.05. The summed E-state index contributed by atoms with van der Waals surface area (Å²) in [6, 6.07) is 7.37. The van der Waals surface area contributed by atoms with Gasteiger partial charge in [-0.25, -0.2) is 4.79 Å². The number of nitrogen functional groups attached to an aromatic ring is 1.